The second-order valence-corrected chi connectivity index (χ2v) is 3.89. The van der Waals surface area contributed by atoms with E-state index in [4.69, 9.17) is 5.21 Å². The maximum absolute atomic E-state index is 9.51. The van der Waals surface area contributed by atoms with Crippen molar-refractivity contribution in [1.29, 1.82) is 0 Å². The second kappa shape index (κ2) is 2.81. The summed E-state index contributed by atoms with van der Waals surface area (Å²) in [6.45, 7) is 3.98. The van der Waals surface area contributed by atoms with Crippen molar-refractivity contribution in [2.75, 3.05) is 0 Å². The molecule has 0 aromatic carbocycles. The van der Waals surface area contributed by atoms with Crippen molar-refractivity contribution in [1.82, 2.24) is 0 Å². The van der Waals surface area contributed by atoms with Gasteiger partial charge in [-0.1, -0.05) is 19.0 Å². The van der Waals surface area contributed by atoms with Crippen molar-refractivity contribution in [2.45, 2.75) is 39.2 Å². The first-order chi connectivity index (χ1) is 5.06. The zero-order valence-electron chi connectivity index (χ0n) is 7.04. The molecule has 1 saturated carbocycles. The average Bonchev–Trinajstić information content (AvgIpc) is 1.95. The highest BCUT2D eigenvalue weighted by Crippen LogP contribution is 2.33. The smallest absolute Gasteiger partial charge is 0.0598 e. The first kappa shape index (κ1) is 8.53. The van der Waals surface area contributed by atoms with Crippen LogP contribution in [0.1, 0.15) is 33.1 Å². The van der Waals surface area contributed by atoms with Crippen LogP contribution in [0.4, 0.5) is 0 Å². The molecule has 2 N–H and O–H groups in total. The molecular formula is C8H15NO2. The Labute approximate surface area is 66.7 Å². The molecule has 0 spiro atoms. The Morgan fingerprint density at radius 2 is 2.18 bits per heavy atom. The van der Waals surface area contributed by atoms with E-state index in [9.17, 15) is 5.11 Å². The Morgan fingerprint density at radius 1 is 1.55 bits per heavy atom. The number of aliphatic hydroxyl groups is 1. The molecule has 0 aliphatic heterocycles. The lowest BCUT2D eigenvalue weighted by Gasteiger charge is -2.34. The first-order valence-electron chi connectivity index (χ1n) is 3.94. The molecular weight excluding hydrogens is 142 g/mol. The van der Waals surface area contributed by atoms with Gasteiger partial charge in [0.15, 0.2) is 0 Å². The van der Waals surface area contributed by atoms with Crippen LogP contribution in [-0.4, -0.2) is 22.1 Å². The third kappa shape index (κ3) is 1.71. The van der Waals surface area contributed by atoms with Gasteiger partial charge in [0.25, 0.3) is 0 Å². The number of nitrogens with zero attached hydrogens (tertiary/aromatic N) is 1. The first-order valence-corrected chi connectivity index (χ1v) is 3.94. The molecule has 0 saturated heterocycles. The minimum Gasteiger partial charge on any atom is -0.411 e. The quantitative estimate of drug-likeness (QED) is 0.412. The molecule has 0 amide bonds. The molecule has 1 aliphatic rings. The largest absolute Gasteiger partial charge is 0.411 e. The van der Waals surface area contributed by atoms with Crippen LogP contribution in [0.5, 0.6) is 0 Å². The van der Waals surface area contributed by atoms with Crippen LogP contribution >= 0.6 is 0 Å². The summed E-state index contributed by atoms with van der Waals surface area (Å²) < 4.78 is 0. The topological polar surface area (TPSA) is 52.8 Å². The minimum atomic E-state index is -0.256. The van der Waals surface area contributed by atoms with E-state index in [1.54, 1.807) is 0 Å². The molecule has 1 unspecified atom stereocenters. The standard InChI is InChI=1S/C8H15NO2/c1-8(2)5-6(9-11)3-4-7(8)10/h7,10-11H,3-5H2,1-2H3/b9-6+. The van der Waals surface area contributed by atoms with Crippen LogP contribution in [0.2, 0.25) is 0 Å². The molecule has 0 heterocycles. The van der Waals surface area contributed by atoms with E-state index in [2.05, 4.69) is 5.16 Å². The van der Waals surface area contributed by atoms with Crippen molar-refractivity contribution in [3.05, 3.63) is 0 Å². The molecule has 0 aromatic rings. The molecule has 0 aromatic heterocycles. The van der Waals surface area contributed by atoms with Crippen LogP contribution in [0, 0.1) is 5.41 Å². The summed E-state index contributed by atoms with van der Waals surface area (Å²) in [5, 5.41) is 21.2. The highest BCUT2D eigenvalue weighted by atomic mass is 16.4. The van der Waals surface area contributed by atoms with E-state index in [1.165, 1.54) is 0 Å². The summed E-state index contributed by atoms with van der Waals surface area (Å²) in [6, 6.07) is 0. The van der Waals surface area contributed by atoms with Gasteiger partial charge in [-0.2, -0.15) is 0 Å². The second-order valence-electron chi connectivity index (χ2n) is 3.89. The Hall–Kier alpha value is -0.570. The fourth-order valence-corrected chi connectivity index (χ4v) is 1.51. The van der Waals surface area contributed by atoms with Gasteiger partial charge in [0.1, 0.15) is 0 Å². The Morgan fingerprint density at radius 3 is 2.64 bits per heavy atom. The molecule has 1 atom stereocenters. The van der Waals surface area contributed by atoms with Gasteiger partial charge < -0.3 is 10.3 Å². The number of hydrogen-bond donors (Lipinski definition) is 2. The van der Waals surface area contributed by atoms with Gasteiger partial charge in [-0.3, -0.25) is 0 Å². The zero-order valence-corrected chi connectivity index (χ0v) is 7.04. The Kier molecular flexibility index (Phi) is 2.18. The Bertz CT molecular complexity index is 175. The summed E-state index contributed by atoms with van der Waals surface area (Å²) in [5.41, 5.74) is 0.681. The number of hydrogen-bond acceptors (Lipinski definition) is 3. The summed E-state index contributed by atoms with van der Waals surface area (Å²) in [6.07, 6.45) is 1.88. The van der Waals surface area contributed by atoms with Gasteiger partial charge in [0.05, 0.1) is 11.8 Å². The van der Waals surface area contributed by atoms with Crippen LogP contribution < -0.4 is 0 Å². The third-order valence-electron chi connectivity index (χ3n) is 2.41. The van der Waals surface area contributed by atoms with Crippen molar-refractivity contribution >= 4 is 5.71 Å². The van der Waals surface area contributed by atoms with Gasteiger partial charge in [0.2, 0.25) is 0 Å². The number of aliphatic hydroxyl groups excluding tert-OH is 1. The molecule has 3 nitrogen and oxygen atoms in total. The van der Waals surface area contributed by atoms with E-state index >= 15 is 0 Å². The van der Waals surface area contributed by atoms with Crippen LogP contribution in [-0.2, 0) is 0 Å². The fraction of sp³-hybridized carbons (Fsp3) is 0.875. The third-order valence-corrected chi connectivity index (χ3v) is 2.41. The summed E-state index contributed by atoms with van der Waals surface area (Å²) in [7, 11) is 0. The molecule has 64 valence electrons. The Balaban J connectivity index is 2.67. The van der Waals surface area contributed by atoms with Gasteiger partial charge in [-0.15, -0.1) is 0 Å². The number of rotatable bonds is 0. The normalized spacial score (nSPS) is 34.1. The highest BCUT2D eigenvalue weighted by molar-refractivity contribution is 5.85. The van der Waals surface area contributed by atoms with Crippen molar-refractivity contribution in [3.8, 4) is 0 Å². The molecule has 0 radical (unpaired) electrons. The van der Waals surface area contributed by atoms with Crippen LogP contribution in [0.25, 0.3) is 0 Å². The van der Waals surface area contributed by atoms with E-state index in [1.807, 2.05) is 13.8 Å². The summed E-state index contributed by atoms with van der Waals surface area (Å²) in [4.78, 5) is 0. The predicted molar refractivity (Wildman–Crippen MR) is 42.9 cm³/mol. The average molecular weight is 157 g/mol. The van der Waals surface area contributed by atoms with E-state index in [0.29, 0.717) is 12.8 Å². The minimum absolute atomic E-state index is 0.125. The van der Waals surface area contributed by atoms with Crippen LogP contribution in [0.15, 0.2) is 5.16 Å². The van der Waals surface area contributed by atoms with Crippen LogP contribution in [0.3, 0.4) is 0 Å². The zero-order chi connectivity index (χ0) is 8.48. The summed E-state index contributed by atoms with van der Waals surface area (Å²) >= 11 is 0. The molecule has 1 rings (SSSR count). The van der Waals surface area contributed by atoms with E-state index < -0.39 is 0 Å². The van der Waals surface area contributed by atoms with Gasteiger partial charge in [0, 0.05) is 0 Å². The summed E-state index contributed by atoms with van der Waals surface area (Å²) in [5.74, 6) is 0. The molecule has 1 fully saturated rings. The maximum atomic E-state index is 9.51. The van der Waals surface area contributed by atoms with Gasteiger partial charge in [-0.25, -0.2) is 0 Å². The van der Waals surface area contributed by atoms with Crippen molar-refractivity contribution in [3.63, 3.8) is 0 Å². The van der Waals surface area contributed by atoms with Crippen molar-refractivity contribution in [2.24, 2.45) is 10.6 Å². The van der Waals surface area contributed by atoms with Crippen molar-refractivity contribution < 1.29 is 10.3 Å². The molecule has 3 heteroatoms. The van der Waals surface area contributed by atoms with E-state index in [0.717, 1.165) is 12.1 Å². The number of oxime groups is 1. The fourth-order valence-electron chi connectivity index (χ4n) is 1.51. The molecule has 11 heavy (non-hydrogen) atoms. The van der Waals surface area contributed by atoms with Gasteiger partial charge in [-0.05, 0) is 24.7 Å². The monoisotopic (exact) mass is 157 g/mol. The molecule has 0 bridgehead atoms. The highest BCUT2D eigenvalue weighted by Gasteiger charge is 2.33. The maximum Gasteiger partial charge on any atom is 0.0598 e. The molecule has 1 aliphatic carbocycles. The van der Waals surface area contributed by atoms with E-state index in [-0.39, 0.29) is 11.5 Å². The predicted octanol–water partition coefficient (Wildman–Crippen LogP) is 1.39. The lowest BCUT2D eigenvalue weighted by atomic mass is 9.74. The SMILES string of the molecule is CC1(C)C/C(=N/O)CCC1O. The van der Waals surface area contributed by atoms with Gasteiger partial charge >= 0.3 is 0 Å². The lowest BCUT2D eigenvalue weighted by molar-refractivity contribution is 0.0394. The lowest BCUT2D eigenvalue weighted by Crippen LogP contribution is -2.36.